The number of hydrogen-bond acceptors (Lipinski definition) is 2. The van der Waals surface area contributed by atoms with Crippen LogP contribution in [0.1, 0.15) is 25.7 Å². The lowest BCUT2D eigenvalue weighted by Crippen LogP contribution is -2.26. The van der Waals surface area contributed by atoms with Gasteiger partial charge in [0.25, 0.3) is 0 Å². The second kappa shape index (κ2) is 5.14. The van der Waals surface area contributed by atoms with E-state index in [9.17, 15) is 4.79 Å². The molecule has 0 atom stereocenters. The average Bonchev–Trinajstić information content (AvgIpc) is 2.46. The molecule has 3 heteroatoms. The van der Waals surface area contributed by atoms with E-state index in [0.717, 1.165) is 38.9 Å². The van der Waals surface area contributed by atoms with Crippen LogP contribution in [0.15, 0.2) is 0 Å². The van der Waals surface area contributed by atoms with Crippen LogP contribution in [0.3, 0.4) is 0 Å². The molecule has 0 bridgehead atoms. The molecule has 1 heterocycles. The first kappa shape index (κ1) is 9.52. The molecule has 0 saturated carbocycles. The third-order valence-corrected chi connectivity index (χ3v) is 2.28. The molecule has 1 aliphatic rings. The zero-order valence-corrected chi connectivity index (χ0v) is 7.81. The third-order valence-electron chi connectivity index (χ3n) is 2.28. The van der Waals surface area contributed by atoms with Crippen LogP contribution in [-0.2, 0) is 4.79 Å². The van der Waals surface area contributed by atoms with Crippen LogP contribution in [0.2, 0.25) is 0 Å². The van der Waals surface area contributed by atoms with E-state index in [1.165, 1.54) is 6.42 Å². The van der Waals surface area contributed by atoms with Crippen LogP contribution in [-0.4, -0.2) is 37.5 Å². The van der Waals surface area contributed by atoms with Gasteiger partial charge in [-0.3, -0.25) is 4.79 Å². The number of carbonyl (C=O) groups excluding carboxylic acids is 1. The van der Waals surface area contributed by atoms with Crippen molar-refractivity contribution in [2.75, 3.05) is 26.7 Å². The van der Waals surface area contributed by atoms with Gasteiger partial charge in [-0.1, -0.05) is 0 Å². The van der Waals surface area contributed by atoms with Gasteiger partial charge in [0, 0.05) is 19.5 Å². The quantitative estimate of drug-likeness (QED) is 0.613. The Labute approximate surface area is 74.1 Å². The number of unbranched alkanes of at least 4 members (excludes halogenated alkanes) is 1. The van der Waals surface area contributed by atoms with Crippen molar-refractivity contribution >= 4 is 5.91 Å². The molecule has 0 aromatic rings. The van der Waals surface area contributed by atoms with Crippen LogP contribution >= 0.6 is 0 Å². The molecule has 0 aromatic heterocycles. The summed E-state index contributed by atoms with van der Waals surface area (Å²) in [4.78, 5) is 13.1. The van der Waals surface area contributed by atoms with Crippen molar-refractivity contribution in [1.82, 2.24) is 10.2 Å². The van der Waals surface area contributed by atoms with Crippen molar-refractivity contribution in [2.45, 2.75) is 25.7 Å². The number of amides is 1. The highest BCUT2D eigenvalue weighted by atomic mass is 16.2. The molecule has 0 radical (unpaired) electrons. The Bertz CT molecular complexity index is 147. The zero-order chi connectivity index (χ0) is 8.81. The van der Waals surface area contributed by atoms with E-state index in [1.54, 1.807) is 0 Å². The predicted molar refractivity (Wildman–Crippen MR) is 49.0 cm³/mol. The number of rotatable bonds is 5. The van der Waals surface area contributed by atoms with Crippen LogP contribution < -0.4 is 5.32 Å². The Balaban J connectivity index is 2.02. The Kier molecular flexibility index (Phi) is 4.08. The van der Waals surface area contributed by atoms with Crippen molar-refractivity contribution in [1.29, 1.82) is 0 Å². The number of hydrogen-bond donors (Lipinski definition) is 1. The maximum absolute atomic E-state index is 11.1. The van der Waals surface area contributed by atoms with Crippen molar-refractivity contribution in [2.24, 2.45) is 0 Å². The minimum Gasteiger partial charge on any atom is -0.343 e. The normalized spacial score (nSPS) is 17.4. The Morgan fingerprint density at radius 2 is 2.33 bits per heavy atom. The summed E-state index contributed by atoms with van der Waals surface area (Å²) in [5, 5.41) is 3.10. The molecule has 0 spiro atoms. The summed E-state index contributed by atoms with van der Waals surface area (Å²) in [6, 6.07) is 0. The molecule has 1 N–H and O–H groups in total. The molecule has 1 fully saturated rings. The Morgan fingerprint density at radius 3 is 2.92 bits per heavy atom. The minimum atomic E-state index is 0.347. The highest BCUT2D eigenvalue weighted by Gasteiger charge is 2.18. The summed E-state index contributed by atoms with van der Waals surface area (Å²) in [6.07, 6.45) is 4.13. The monoisotopic (exact) mass is 170 g/mol. The minimum absolute atomic E-state index is 0.347. The Hall–Kier alpha value is -0.570. The number of likely N-dealkylation sites (tertiary alicyclic amines) is 1. The van der Waals surface area contributed by atoms with Gasteiger partial charge in [-0.2, -0.15) is 0 Å². The van der Waals surface area contributed by atoms with Crippen LogP contribution in [0.4, 0.5) is 0 Å². The maximum Gasteiger partial charge on any atom is 0.222 e. The summed E-state index contributed by atoms with van der Waals surface area (Å²) in [6.45, 7) is 3.00. The molecule has 1 amide bonds. The number of nitrogens with zero attached hydrogens (tertiary/aromatic N) is 1. The van der Waals surface area contributed by atoms with Crippen molar-refractivity contribution in [3.8, 4) is 0 Å². The van der Waals surface area contributed by atoms with Gasteiger partial charge in [-0.25, -0.2) is 0 Å². The lowest BCUT2D eigenvalue weighted by Gasteiger charge is -2.14. The van der Waals surface area contributed by atoms with Gasteiger partial charge in [0.15, 0.2) is 0 Å². The highest BCUT2D eigenvalue weighted by Crippen LogP contribution is 2.09. The molecule has 0 unspecified atom stereocenters. The van der Waals surface area contributed by atoms with Crippen molar-refractivity contribution in [3.63, 3.8) is 0 Å². The largest absolute Gasteiger partial charge is 0.343 e. The first-order valence-electron chi connectivity index (χ1n) is 4.77. The molecule has 0 aliphatic carbocycles. The van der Waals surface area contributed by atoms with Crippen LogP contribution in [0.5, 0.6) is 0 Å². The van der Waals surface area contributed by atoms with Gasteiger partial charge >= 0.3 is 0 Å². The van der Waals surface area contributed by atoms with E-state index in [2.05, 4.69) is 5.32 Å². The second-order valence-corrected chi connectivity index (χ2v) is 3.30. The predicted octanol–water partition coefficient (Wildman–Crippen LogP) is 0.608. The molecule has 0 aromatic carbocycles. The summed E-state index contributed by atoms with van der Waals surface area (Å²) >= 11 is 0. The fourth-order valence-corrected chi connectivity index (χ4v) is 1.54. The van der Waals surface area contributed by atoms with Crippen LogP contribution in [0.25, 0.3) is 0 Å². The summed E-state index contributed by atoms with van der Waals surface area (Å²) in [5.41, 5.74) is 0. The molecule has 70 valence electrons. The lowest BCUT2D eigenvalue weighted by atomic mass is 10.3. The van der Waals surface area contributed by atoms with Gasteiger partial charge in [0.1, 0.15) is 0 Å². The highest BCUT2D eigenvalue weighted by molar-refractivity contribution is 5.77. The van der Waals surface area contributed by atoms with Gasteiger partial charge in [-0.15, -0.1) is 0 Å². The van der Waals surface area contributed by atoms with Gasteiger partial charge in [0.05, 0.1) is 0 Å². The molecule has 3 nitrogen and oxygen atoms in total. The van der Waals surface area contributed by atoms with E-state index in [1.807, 2.05) is 11.9 Å². The van der Waals surface area contributed by atoms with E-state index < -0.39 is 0 Å². The summed E-state index contributed by atoms with van der Waals surface area (Å²) in [5.74, 6) is 0.347. The summed E-state index contributed by atoms with van der Waals surface area (Å²) in [7, 11) is 1.96. The number of carbonyl (C=O) groups is 1. The third kappa shape index (κ3) is 2.81. The van der Waals surface area contributed by atoms with E-state index in [-0.39, 0.29) is 0 Å². The zero-order valence-electron chi connectivity index (χ0n) is 7.81. The first-order chi connectivity index (χ1) is 5.84. The van der Waals surface area contributed by atoms with Gasteiger partial charge in [-0.05, 0) is 32.9 Å². The van der Waals surface area contributed by atoms with Crippen LogP contribution in [0, 0.1) is 0 Å². The van der Waals surface area contributed by atoms with E-state index in [4.69, 9.17) is 0 Å². The molecule has 1 aliphatic heterocycles. The molecular formula is C9H18N2O. The standard InChI is InChI=1S/C9H18N2O/c1-10-6-2-3-7-11-8-4-5-9(11)12/h10H,2-8H2,1H3. The molecule has 12 heavy (non-hydrogen) atoms. The molecule has 1 saturated heterocycles. The fraction of sp³-hybridized carbons (Fsp3) is 0.889. The van der Waals surface area contributed by atoms with Crippen molar-refractivity contribution < 1.29 is 4.79 Å². The lowest BCUT2D eigenvalue weighted by molar-refractivity contribution is -0.127. The smallest absolute Gasteiger partial charge is 0.222 e. The second-order valence-electron chi connectivity index (χ2n) is 3.30. The first-order valence-corrected chi connectivity index (χ1v) is 4.77. The fourth-order valence-electron chi connectivity index (χ4n) is 1.54. The topological polar surface area (TPSA) is 32.3 Å². The average molecular weight is 170 g/mol. The van der Waals surface area contributed by atoms with Gasteiger partial charge < -0.3 is 10.2 Å². The SMILES string of the molecule is CNCCCCN1CCCC1=O. The molecule has 1 rings (SSSR count). The molecular weight excluding hydrogens is 152 g/mol. The summed E-state index contributed by atoms with van der Waals surface area (Å²) < 4.78 is 0. The van der Waals surface area contributed by atoms with Crippen molar-refractivity contribution in [3.05, 3.63) is 0 Å². The number of nitrogens with one attached hydrogen (secondary N) is 1. The van der Waals surface area contributed by atoms with E-state index >= 15 is 0 Å². The van der Waals surface area contributed by atoms with E-state index in [0.29, 0.717) is 5.91 Å². The maximum atomic E-state index is 11.1. The van der Waals surface area contributed by atoms with Gasteiger partial charge in [0.2, 0.25) is 5.91 Å². The Morgan fingerprint density at radius 1 is 1.50 bits per heavy atom.